The maximum Gasteiger partial charge on any atom is 0.343 e. The van der Waals surface area contributed by atoms with E-state index in [1.165, 1.54) is 7.11 Å². The van der Waals surface area contributed by atoms with Crippen molar-refractivity contribution in [3.63, 3.8) is 0 Å². The first-order valence-electron chi connectivity index (χ1n) is 5.81. The summed E-state index contributed by atoms with van der Waals surface area (Å²) in [6.07, 6.45) is 0. The third kappa shape index (κ3) is 4.25. The van der Waals surface area contributed by atoms with Gasteiger partial charge in [-0.15, -0.1) is 0 Å². The number of methoxy groups -OCH3 is 1. The Hall–Kier alpha value is -1.75. The highest BCUT2D eigenvalue weighted by Gasteiger charge is 2.08. The molecule has 0 atom stereocenters. The monoisotopic (exact) mass is 253 g/mol. The molecular weight excluding hydrogens is 234 g/mol. The van der Waals surface area contributed by atoms with Crippen LogP contribution in [-0.4, -0.2) is 33.3 Å². The molecule has 0 aliphatic rings. The highest BCUT2D eigenvalue weighted by molar-refractivity contribution is 5.71. The summed E-state index contributed by atoms with van der Waals surface area (Å²) < 4.78 is 15.4. The fraction of sp³-hybridized carbons (Fsp3) is 0.462. The van der Waals surface area contributed by atoms with Crippen LogP contribution in [0.1, 0.15) is 12.5 Å². The van der Waals surface area contributed by atoms with Crippen molar-refractivity contribution in [1.82, 2.24) is 5.32 Å². The van der Waals surface area contributed by atoms with Gasteiger partial charge >= 0.3 is 5.97 Å². The second-order valence-electron chi connectivity index (χ2n) is 3.61. The molecule has 0 heterocycles. The van der Waals surface area contributed by atoms with Gasteiger partial charge in [0.15, 0.2) is 18.1 Å². The maximum absolute atomic E-state index is 11.0. The molecule has 1 N–H and O–H groups in total. The smallest absolute Gasteiger partial charge is 0.343 e. The number of ether oxygens (including phenoxy) is 3. The summed E-state index contributed by atoms with van der Waals surface area (Å²) in [7, 11) is 3.20. The largest absolute Gasteiger partial charge is 0.490 e. The van der Waals surface area contributed by atoms with Gasteiger partial charge in [-0.05, 0) is 31.7 Å². The Balaban J connectivity index is 2.78. The Bertz CT molecular complexity index is 393. The Labute approximate surface area is 107 Å². The van der Waals surface area contributed by atoms with Crippen molar-refractivity contribution in [2.75, 3.05) is 27.4 Å². The van der Waals surface area contributed by atoms with E-state index in [4.69, 9.17) is 9.47 Å². The fourth-order valence-corrected chi connectivity index (χ4v) is 1.45. The molecular formula is C13H19NO4. The van der Waals surface area contributed by atoms with Crippen molar-refractivity contribution in [3.05, 3.63) is 23.8 Å². The minimum Gasteiger partial charge on any atom is -0.490 e. The molecule has 5 heteroatoms. The number of nitrogens with one attached hydrogen (secondary N) is 1. The van der Waals surface area contributed by atoms with E-state index in [9.17, 15) is 4.79 Å². The van der Waals surface area contributed by atoms with Crippen molar-refractivity contribution < 1.29 is 19.0 Å². The van der Waals surface area contributed by atoms with Gasteiger partial charge in [-0.25, -0.2) is 4.79 Å². The predicted molar refractivity (Wildman–Crippen MR) is 67.9 cm³/mol. The van der Waals surface area contributed by atoms with Crippen LogP contribution >= 0.6 is 0 Å². The molecule has 0 saturated heterocycles. The lowest BCUT2D eigenvalue weighted by molar-refractivity contribution is -0.142. The van der Waals surface area contributed by atoms with E-state index < -0.39 is 5.97 Å². The zero-order valence-electron chi connectivity index (χ0n) is 11.0. The van der Waals surface area contributed by atoms with Crippen LogP contribution in [0.15, 0.2) is 18.2 Å². The van der Waals surface area contributed by atoms with Crippen molar-refractivity contribution in [3.8, 4) is 11.5 Å². The Morgan fingerprint density at radius 1 is 1.28 bits per heavy atom. The van der Waals surface area contributed by atoms with E-state index in [0.717, 1.165) is 12.1 Å². The first-order chi connectivity index (χ1) is 8.71. The number of benzene rings is 1. The van der Waals surface area contributed by atoms with Gasteiger partial charge in [-0.1, -0.05) is 6.07 Å². The van der Waals surface area contributed by atoms with Crippen LogP contribution in [-0.2, 0) is 16.1 Å². The van der Waals surface area contributed by atoms with Gasteiger partial charge in [0.1, 0.15) is 0 Å². The summed E-state index contributed by atoms with van der Waals surface area (Å²) in [5, 5.41) is 3.06. The minimum atomic E-state index is -0.420. The maximum atomic E-state index is 11.0. The summed E-state index contributed by atoms with van der Waals surface area (Å²) in [6.45, 7) is 3.06. The minimum absolute atomic E-state index is 0.123. The van der Waals surface area contributed by atoms with Crippen LogP contribution in [0.25, 0.3) is 0 Å². The van der Waals surface area contributed by atoms with E-state index in [-0.39, 0.29) is 6.61 Å². The average Bonchev–Trinajstić information content (AvgIpc) is 2.38. The molecule has 0 unspecified atom stereocenters. The molecule has 0 fully saturated rings. The van der Waals surface area contributed by atoms with E-state index in [1.807, 2.05) is 26.1 Å². The second-order valence-corrected chi connectivity index (χ2v) is 3.61. The highest BCUT2D eigenvalue weighted by Crippen LogP contribution is 2.28. The van der Waals surface area contributed by atoms with E-state index >= 15 is 0 Å². The molecule has 5 nitrogen and oxygen atoms in total. The van der Waals surface area contributed by atoms with Gasteiger partial charge in [-0.3, -0.25) is 0 Å². The van der Waals surface area contributed by atoms with Gasteiger partial charge in [0.05, 0.1) is 13.7 Å². The summed E-state index contributed by atoms with van der Waals surface area (Å²) in [5.74, 6) is 0.757. The predicted octanol–water partition coefficient (Wildman–Crippen LogP) is 1.36. The van der Waals surface area contributed by atoms with Gasteiger partial charge in [-0.2, -0.15) is 0 Å². The summed E-state index contributed by atoms with van der Waals surface area (Å²) in [4.78, 5) is 11.0. The molecule has 0 aromatic heterocycles. The molecule has 0 bridgehead atoms. The fourth-order valence-electron chi connectivity index (χ4n) is 1.45. The number of esters is 1. The Morgan fingerprint density at radius 3 is 2.67 bits per heavy atom. The third-order valence-electron chi connectivity index (χ3n) is 2.26. The van der Waals surface area contributed by atoms with E-state index in [1.54, 1.807) is 6.07 Å². The standard InChI is InChI=1S/C13H19NO4/c1-4-17-12-7-10(8-14-2)5-6-11(12)18-9-13(15)16-3/h5-7,14H,4,8-9H2,1-3H3. The van der Waals surface area contributed by atoms with E-state index in [0.29, 0.717) is 18.1 Å². The van der Waals surface area contributed by atoms with Crippen molar-refractivity contribution in [2.45, 2.75) is 13.5 Å². The van der Waals surface area contributed by atoms with Crippen molar-refractivity contribution >= 4 is 5.97 Å². The molecule has 1 aromatic rings. The Kier molecular flexibility index (Phi) is 6.00. The molecule has 0 aliphatic heterocycles. The molecule has 0 spiro atoms. The third-order valence-corrected chi connectivity index (χ3v) is 2.26. The molecule has 1 rings (SSSR count). The average molecular weight is 253 g/mol. The van der Waals surface area contributed by atoms with Crippen LogP contribution in [0.4, 0.5) is 0 Å². The lowest BCUT2D eigenvalue weighted by atomic mass is 10.2. The number of hydrogen-bond donors (Lipinski definition) is 1. The number of carbonyl (C=O) groups excluding carboxylic acids is 1. The number of hydrogen-bond acceptors (Lipinski definition) is 5. The van der Waals surface area contributed by atoms with Crippen LogP contribution < -0.4 is 14.8 Å². The molecule has 0 radical (unpaired) electrons. The van der Waals surface area contributed by atoms with Crippen LogP contribution in [0.2, 0.25) is 0 Å². The normalized spacial score (nSPS) is 9.94. The second kappa shape index (κ2) is 7.55. The van der Waals surface area contributed by atoms with Gasteiger partial charge in [0.25, 0.3) is 0 Å². The van der Waals surface area contributed by atoms with Crippen LogP contribution in [0, 0.1) is 0 Å². The molecule has 0 saturated carbocycles. The highest BCUT2D eigenvalue weighted by atomic mass is 16.6. The molecule has 1 aromatic carbocycles. The molecule has 0 amide bonds. The molecule has 18 heavy (non-hydrogen) atoms. The number of rotatable bonds is 7. The van der Waals surface area contributed by atoms with Gasteiger partial charge in [0.2, 0.25) is 0 Å². The van der Waals surface area contributed by atoms with Gasteiger partial charge < -0.3 is 19.5 Å². The summed E-state index contributed by atoms with van der Waals surface area (Å²) in [5.41, 5.74) is 1.09. The van der Waals surface area contributed by atoms with Crippen LogP contribution in [0.3, 0.4) is 0 Å². The quantitative estimate of drug-likeness (QED) is 0.743. The van der Waals surface area contributed by atoms with Crippen molar-refractivity contribution in [2.24, 2.45) is 0 Å². The van der Waals surface area contributed by atoms with Crippen LogP contribution in [0.5, 0.6) is 11.5 Å². The molecule has 100 valence electrons. The van der Waals surface area contributed by atoms with Crippen molar-refractivity contribution in [1.29, 1.82) is 0 Å². The first-order valence-corrected chi connectivity index (χ1v) is 5.81. The number of carbonyl (C=O) groups is 1. The van der Waals surface area contributed by atoms with Gasteiger partial charge in [0, 0.05) is 6.54 Å². The first kappa shape index (κ1) is 14.3. The zero-order chi connectivity index (χ0) is 13.4. The summed E-state index contributed by atoms with van der Waals surface area (Å²) >= 11 is 0. The summed E-state index contributed by atoms with van der Waals surface area (Å²) in [6, 6.07) is 5.61. The lowest BCUT2D eigenvalue weighted by Crippen LogP contribution is -2.13. The molecule has 0 aliphatic carbocycles. The topological polar surface area (TPSA) is 56.8 Å². The van der Waals surface area contributed by atoms with E-state index in [2.05, 4.69) is 10.1 Å². The zero-order valence-corrected chi connectivity index (χ0v) is 11.0. The SMILES string of the molecule is CCOc1cc(CNC)ccc1OCC(=O)OC. The lowest BCUT2D eigenvalue weighted by Gasteiger charge is -2.12. The Morgan fingerprint density at radius 2 is 2.06 bits per heavy atom.